The molecule has 5 nitrogen and oxygen atoms in total. The van der Waals surface area contributed by atoms with Gasteiger partial charge in [0.2, 0.25) is 0 Å². The third kappa shape index (κ3) is 1.86. The summed E-state index contributed by atoms with van der Waals surface area (Å²) in [7, 11) is 0. The van der Waals surface area contributed by atoms with E-state index in [1.165, 1.54) is 0 Å². The number of carbonyl (C=O) groups is 1. The van der Waals surface area contributed by atoms with E-state index in [1.54, 1.807) is 16.5 Å². The number of pyridine rings is 1. The quantitative estimate of drug-likeness (QED) is 0.841. The van der Waals surface area contributed by atoms with Crippen LogP contribution in [0.1, 0.15) is 34.8 Å². The van der Waals surface area contributed by atoms with E-state index in [9.17, 15) is 4.79 Å². The molecule has 0 saturated carbocycles. The lowest BCUT2D eigenvalue weighted by Gasteiger charge is -2.20. The number of hydrogen-bond donors (Lipinski definition) is 2. The molecule has 1 aliphatic rings. The van der Waals surface area contributed by atoms with E-state index >= 15 is 0 Å². The van der Waals surface area contributed by atoms with Crippen LogP contribution in [0.4, 0.5) is 0 Å². The molecule has 0 bridgehead atoms. The fourth-order valence-electron chi connectivity index (χ4n) is 2.50. The summed E-state index contributed by atoms with van der Waals surface area (Å²) in [6.07, 6.45) is 6.04. The van der Waals surface area contributed by atoms with E-state index < -0.39 is 5.97 Å². The Morgan fingerprint density at radius 1 is 1.56 bits per heavy atom. The van der Waals surface area contributed by atoms with Crippen molar-refractivity contribution in [2.45, 2.75) is 18.8 Å². The number of imidazole rings is 1. The third-order valence-electron chi connectivity index (χ3n) is 3.45. The van der Waals surface area contributed by atoms with Gasteiger partial charge in [-0.15, -0.1) is 0 Å². The molecule has 1 atom stereocenters. The van der Waals surface area contributed by atoms with Gasteiger partial charge in [-0.3, -0.25) is 0 Å². The maximum absolute atomic E-state index is 11.1. The summed E-state index contributed by atoms with van der Waals surface area (Å²) in [6.45, 7) is 1.98. The molecule has 0 aromatic carbocycles. The largest absolute Gasteiger partial charge is 0.478 e. The van der Waals surface area contributed by atoms with Crippen molar-refractivity contribution in [3.8, 4) is 0 Å². The van der Waals surface area contributed by atoms with Crippen molar-refractivity contribution in [3.63, 3.8) is 0 Å². The summed E-state index contributed by atoms with van der Waals surface area (Å²) < 4.78 is 1.80. The lowest BCUT2D eigenvalue weighted by Crippen LogP contribution is -2.28. The lowest BCUT2D eigenvalue weighted by atomic mass is 9.97. The zero-order chi connectivity index (χ0) is 12.5. The Morgan fingerprint density at radius 3 is 3.17 bits per heavy atom. The Hall–Kier alpha value is -1.88. The van der Waals surface area contributed by atoms with Crippen LogP contribution >= 0.6 is 0 Å². The molecular formula is C13H15N3O2. The predicted octanol–water partition coefficient (Wildman–Crippen LogP) is 1.50. The van der Waals surface area contributed by atoms with Crippen molar-refractivity contribution in [2.75, 3.05) is 13.1 Å². The molecule has 0 spiro atoms. The Kier molecular flexibility index (Phi) is 2.76. The van der Waals surface area contributed by atoms with Crippen molar-refractivity contribution in [1.82, 2.24) is 14.7 Å². The number of fused-ring (bicyclic) bond motifs is 1. The van der Waals surface area contributed by atoms with Gasteiger partial charge in [-0.2, -0.15) is 0 Å². The van der Waals surface area contributed by atoms with Crippen LogP contribution in [0.3, 0.4) is 0 Å². The zero-order valence-electron chi connectivity index (χ0n) is 9.97. The normalized spacial score (nSPS) is 20.1. The molecule has 0 radical (unpaired) electrons. The van der Waals surface area contributed by atoms with Gasteiger partial charge in [0.1, 0.15) is 5.56 Å². The van der Waals surface area contributed by atoms with Crippen molar-refractivity contribution >= 4 is 11.6 Å². The Balaban J connectivity index is 2.04. The van der Waals surface area contributed by atoms with E-state index in [-0.39, 0.29) is 5.56 Å². The lowest BCUT2D eigenvalue weighted by molar-refractivity contribution is 0.0698. The summed E-state index contributed by atoms with van der Waals surface area (Å²) in [5.74, 6) is -0.542. The van der Waals surface area contributed by atoms with Gasteiger partial charge in [0.25, 0.3) is 0 Å². The smallest absolute Gasteiger partial charge is 0.339 e. The molecule has 1 fully saturated rings. The minimum atomic E-state index is -0.931. The van der Waals surface area contributed by atoms with Crippen LogP contribution in [0.15, 0.2) is 24.5 Å². The van der Waals surface area contributed by atoms with Gasteiger partial charge in [0, 0.05) is 24.9 Å². The predicted molar refractivity (Wildman–Crippen MR) is 67.0 cm³/mol. The molecule has 2 aromatic heterocycles. The minimum Gasteiger partial charge on any atom is -0.478 e. The molecule has 3 heterocycles. The van der Waals surface area contributed by atoms with Crippen LogP contribution in [0.2, 0.25) is 0 Å². The number of carboxylic acid groups (broad SMARTS) is 1. The van der Waals surface area contributed by atoms with Crippen LogP contribution in [0.5, 0.6) is 0 Å². The molecule has 5 heteroatoms. The first kappa shape index (κ1) is 11.2. The molecule has 18 heavy (non-hydrogen) atoms. The average Bonchev–Trinajstić information content (AvgIpc) is 2.83. The first-order chi connectivity index (χ1) is 8.75. The highest BCUT2D eigenvalue weighted by atomic mass is 16.4. The van der Waals surface area contributed by atoms with E-state index in [2.05, 4.69) is 10.3 Å². The zero-order valence-corrected chi connectivity index (χ0v) is 9.97. The van der Waals surface area contributed by atoms with Gasteiger partial charge in [-0.1, -0.05) is 0 Å². The third-order valence-corrected chi connectivity index (χ3v) is 3.45. The SMILES string of the molecule is O=C(O)c1cccn2cc(C3CCCNC3)nc12. The highest BCUT2D eigenvalue weighted by Gasteiger charge is 2.19. The van der Waals surface area contributed by atoms with E-state index in [0.29, 0.717) is 11.6 Å². The second-order valence-electron chi connectivity index (χ2n) is 4.67. The molecule has 1 unspecified atom stereocenters. The van der Waals surface area contributed by atoms with Crippen LogP contribution in [0, 0.1) is 0 Å². The van der Waals surface area contributed by atoms with Gasteiger partial charge in [0.15, 0.2) is 5.65 Å². The maximum atomic E-state index is 11.1. The molecule has 0 aliphatic carbocycles. The number of carboxylic acids is 1. The van der Waals surface area contributed by atoms with Gasteiger partial charge in [-0.05, 0) is 31.5 Å². The molecule has 2 aromatic rings. The Labute approximate surface area is 104 Å². The first-order valence-corrected chi connectivity index (χ1v) is 6.17. The number of piperidine rings is 1. The number of nitrogens with one attached hydrogen (secondary N) is 1. The van der Waals surface area contributed by atoms with Gasteiger partial charge in [-0.25, -0.2) is 9.78 Å². The standard InChI is InChI=1S/C13H15N3O2/c17-13(18)10-4-2-6-16-8-11(15-12(10)16)9-3-1-5-14-7-9/h2,4,6,8-9,14H,1,3,5,7H2,(H,17,18). The number of aromatic carboxylic acids is 1. The summed E-state index contributed by atoms with van der Waals surface area (Å²) in [6, 6.07) is 3.33. The van der Waals surface area contributed by atoms with Crippen LogP contribution in [-0.4, -0.2) is 33.6 Å². The van der Waals surface area contributed by atoms with Crippen molar-refractivity contribution < 1.29 is 9.90 Å². The Morgan fingerprint density at radius 2 is 2.44 bits per heavy atom. The molecule has 2 N–H and O–H groups in total. The fraction of sp³-hybridized carbons (Fsp3) is 0.385. The highest BCUT2D eigenvalue weighted by molar-refractivity contribution is 5.94. The van der Waals surface area contributed by atoms with Crippen LogP contribution in [-0.2, 0) is 0 Å². The van der Waals surface area contributed by atoms with Crippen LogP contribution < -0.4 is 5.32 Å². The number of nitrogens with zero attached hydrogens (tertiary/aromatic N) is 2. The molecule has 94 valence electrons. The molecule has 3 rings (SSSR count). The van der Waals surface area contributed by atoms with E-state index in [4.69, 9.17) is 5.11 Å². The Bertz CT molecular complexity index is 585. The minimum absolute atomic E-state index is 0.257. The first-order valence-electron chi connectivity index (χ1n) is 6.17. The molecule has 0 amide bonds. The van der Waals surface area contributed by atoms with Crippen molar-refractivity contribution in [1.29, 1.82) is 0 Å². The molecule has 1 saturated heterocycles. The number of hydrogen-bond acceptors (Lipinski definition) is 3. The van der Waals surface area contributed by atoms with Crippen molar-refractivity contribution in [3.05, 3.63) is 35.8 Å². The van der Waals surface area contributed by atoms with Crippen LogP contribution in [0.25, 0.3) is 5.65 Å². The van der Waals surface area contributed by atoms with E-state index in [0.717, 1.165) is 31.6 Å². The topological polar surface area (TPSA) is 66.6 Å². The van der Waals surface area contributed by atoms with Gasteiger partial charge in [0.05, 0.1) is 5.69 Å². The van der Waals surface area contributed by atoms with Gasteiger partial charge >= 0.3 is 5.97 Å². The summed E-state index contributed by atoms with van der Waals surface area (Å²) in [5.41, 5.74) is 1.77. The van der Waals surface area contributed by atoms with E-state index in [1.807, 2.05) is 12.4 Å². The summed E-state index contributed by atoms with van der Waals surface area (Å²) in [5, 5.41) is 12.5. The summed E-state index contributed by atoms with van der Waals surface area (Å²) >= 11 is 0. The molecular weight excluding hydrogens is 230 g/mol. The fourth-order valence-corrected chi connectivity index (χ4v) is 2.50. The number of aromatic nitrogens is 2. The molecule has 1 aliphatic heterocycles. The monoisotopic (exact) mass is 245 g/mol. The number of rotatable bonds is 2. The highest BCUT2D eigenvalue weighted by Crippen LogP contribution is 2.23. The average molecular weight is 245 g/mol. The second-order valence-corrected chi connectivity index (χ2v) is 4.67. The summed E-state index contributed by atoms with van der Waals surface area (Å²) in [4.78, 5) is 15.6. The second kappa shape index (κ2) is 4.42. The maximum Gasteiger partial charge on any atom is 0.339 e. The van der Waals surface area contributed by atoms with Crippen molar-refractivity contribution in [2.24, 2.45) is 0 Å². The van der Waals surface area contributed by atoms with Gasteiger partial charge < -0.3 is 14.8 Å².